The van der Waals surface area contributed by atoms with Crippen molar-refractivity contribution >= 4 is 23.4 Å². The number of methoxy groups -OCH3 is 1. The zero-order valence-electron chi connectivity index (χ0n) is 11.9. The summed E-state index contributed by atoms with van der Waals surface area (Å²) < 4.78 is 9.86. The highest BCUT2D eigenvalue weighted by atomic mass is 16.6. The Morgan fingerprint density at radius 2 is 2.33 bits per heavy atom. The summed E-state index contributed by atoms with van der Waals surface area (Å²) in [4.78, 5) is 24.7. The van der Waals surface area contributed by atoms with Gasteiger partial charge in [0.25, 0.3) is 0 Å². The van der Waals surface area contributed by atoms with Crippen molar-refractivity contribution in [3.63, 3.8) is 0 Å². The highest BCUT2D eigenvalue weighted by Gasteiger charge is 2.21. The van der Waals surface area contributed by atoms with Crippen molar-refractivity contribution in [1.82, 2.24) is 4.90 Å². The fraction of sp³-hybridized carbons (Fsp3) is 0.429. The van der Waals surface area contributed by atoms with Crippen LogP contribution in [0.25, 0.3) is 0 Å². The first-order valence-electron chi connectivity index (χ1n) is 6.75. The van der Waals surface area contributed by atoms with Crippen LogP contribution >= 0.6 is 0 Å². The number of nitrogens with two attached hydrogens (primary N) is 1. The van der Waals surface area contributed by atoms with Crippen LogP contribution in [0.2, 0.25) is 0 Å². The van der Waals surface area contributed by atoms with Crippen molar-refractivity contribution in [2.24, 2.45) is 0 Å². The number of cyclic esters (lactones) is 1. The van der Waals surface area contributed by atoms with Crippen LogP contribution in [-0.2, 0) is 9.53 Å². The summed E-state index contributed by atoms with van der Waals surface area (Å²) in [5.74, 6) is 0.498. The molecule has 0 atom stereocenters. The molecule has 0 unspecified atom stereocenters. The summed E-state index contributed by atoms with van der Waals surface area (Å²) in [5, 5.41) is 2.74. The van der Waals surface area contributed by atoms with E-state index in [1.54, 1.807) is 30.2 Å². The SMILES string of the molecule is COc1ccc(NC(=O)CCCN2CCOC2=O)c(N)c1. The number of hydrogen-bond acceptors (Lipinski definition) is 5. The van der Waals surface area contributed by atoms with Crippen LogP contribution < -0.4 is 15.8 Å². The van der Waals surface area contributed by atoms with Crippen LogP contribution in [0.1, 0.15) is 12.8 Å². The Morgan fingerprint density at radius 3 is 2.95 bits per heavy atom. The first-order valence-corrected chi connectivity index (χ1v) is 6.75. The van der Waals surface area contributed by atoms with Gasteiger partial charge in [-0.2, -0.15) is 0 Å². The fourth-order valence-corrected chi connectivity index (χ4v) is 2.05. The third kappa shape index (κ3) is 4.01. The normalized spacial score (nSPS) is 14.0. The number of benzene rings is 1. The van der Waals surface area contributed by atoms with Crippen LogP contribution in [0.4, 0.5) is 16.2 Å². The van der Waals surface area contributed by atoms with Crippen LogP contribution in [0.5, 0.6) is 5.75 Å². The van der Waals surface area contributed by atoms with Crippen LogP contribution in [-0.4, -0.2) is 43.7 Å². The molecule has 1 fully saturated rings. The number of nitrogens with one attached hydrogen (secondary N) is 1. The molecule has 21 heavy (non-hydrogen) atoms. The first kappa shape index (κ1) is 15.0. The minimum Gasteiger partial charge on any atom is -0.497 e. The summed E-state index contributed by atoms with van der Waals surface area (Å²) in [7, 11) is 1.55. The number of anilines is 2. The van der Waals surface area contributed by atoms with Crippen molar-refractivity contribution in [2.75, 3.05) is 37.9 Å². The molecule has 2 amide bonds. The van der Waals surface area contributed by atoms with Gasteiger partial charge in [-0.1, -0.05) is 0 Å². The Labute approximate surface area is 123 Å². The van der Waals surface area contributed by atoms with Gasteiger partial charge < -0.3 is 25.4 Å². The molecule has 1 aromatic rings. The van der Waals surface area contributed by atoms with E-state index in [4.69, 9.17) is 15.2 Å². The summed E-state index contributed by atoms with van der Waals surface area (Å²) in [5.41, 5.74) is 6.83. The molecule has 1 heterocycles. The smallest absolute Gasteiger partial charge is 0.409 e. The second-order valence-electron chi connectivity index (χ2n) is 4.71. The van der Waals surface area contributed by atoms with Crippen molar-refractivity contribution in [3.05, 3.63) is 18.2 Å². The lowest BCUT2D eigenvalue weighted by Gasteiger charge is -2.12. The second-order valence-corrected chi connectivity index (χ2v) is 4.71. The maximum Gasteiger partial charge on any atom is 0.409 e. The highest BCUT2D eigenvalue weighted by molar-refractivity contribution is 5.94. The Bertz CT molecular complexity index is 533. The Hall–Kier alpha value is -2.44. The van der Waals surface area contributed by atoms with E-state index in [0.29, 0.717) is 49.7 Å². The zero-order chi connectivity index (χ0) is 15.2. The number of amides is 2. The zero-order valence-corrected chi connectivity index (χ0v) is 11.9. The summed E-state index contributed by atoms with van der Waals surface area (Å²) >= 11 is 0. The highest BCUT2D eigenvalue weighted by Crippen LogP contribution is 2.24. The predicted molar refractivity (Wildman–Crippen MR) is 78.2 cm³/mol. The van der Waals surface area contributed by atoms with E-state index in [2.05, 4.69) is 5.32 Å². The van der Waals surface area contributed by atoms with E-state index in [1.165, 1.54) is 0 Å². The van der Waals surface area contributed by atoms with Gasteiger partial charge in [0.1, 0.15) is 12.4 Å². The molecular formula is C14H19N3O4. The van der Waals surface area contributed by atoms with Gasteiger partial charge in [-0.25, -0.2) is 4.79 Å². The molecule has 0 saturated carbocycles. The lowest BCUT2D eigenvalue weighted by molar-refractivity contribution is -0.116. The maximum absolute atomic E-state index is 11.8. The molecule has 7 heteroatoms. The molecule has 3 N–H and O–H groups in total. The molecule has 1 aliphatic heterocycles. The number of ether oxygens (including phenoxy) is 2. The lowest BCUT2D eigenvalue weighted by atomic mass is 10.2. The number of rotatable bonds is 6. The van der Waals surface area contributed by atoms with Gasteiger partial charge in [0, 0.05) is 19.0 Å². The van der Waals surface area contributed by atoms with E-state index >= 15 is 0 Å². The van der Waals surface area contributed by atoms with Gasteiger partial charge in [-0.15, -0.1) is 0 Å². The molecule has 7 nitrogen and oxygen atoms in total. The standard InChI is InChI=1S/C14H19N3O4/c1-20-10-4-5-12(11(15)9-10)16-13(18)3-2-6-17-7-8-21-14(17)19/h4-5,9H,2-3,6-8,15H2,1H3,(H,16,18). The van der Waals surface area contributed by atoms with Gasteiger partial charge >= 0.3 is 6.09 Å². The fourth-order valence-electron chi connectivity index (χ4n) is 2.05. The average Bonchev–Trinajstić information content (AvgIpc) is 2.87. The van der Waals surface area contributed by atoms with E-state index < -0.39 is 0 Å². The molecular weight excluding hydrogens is 274 g/mol. The Morgan fingerprint density at radius 1 is 1.52 bits per heavy atom. The summed E-state index contributed by atoms with van der Waals surface area (Å²) in [6.45, 7) is 1.53. The topological polar surface area (TPSA) is 93.9 Å². The average molecular weight is 293 g/mol. The van der Waals surface area contributed by atoms with E-state index in [-0.39, 0.29) is 12.0 Å². The number of nitrogens with zero attached hydrogens (tertiary/aromatic N) is 1. The quantitative estimate of drug-likeness (QED) is 0.774. The monoisotopic (exact) mass is 293 g/mol. The largest absolute Gasteiger partial charge is 0.497 e. The van der Waals surface area contributed by atoms with Gasteiger partial charge in [0.2, 0.25) is 5.91 Å². The molecule has 2 rings (SSSR count). The summed E-state index contributed by atoms with van der Waals surface area (Å²) in [6, 6.07) is 5.08. The molecule has 0 aromatic heterocycles. The number of nitrogen functional groups attached to an aromatic ring is 1. The van der Waals surface area contributed by atoms with Crippen molar-refractivity contribution < 1.29 is 19.1 Å². The molecule has 114 valence electrons. The minimum atomic E-state index is -0.310. The van der Waals surface area contributed by atoms with E-state index in [1.807, 2.05) is 0 Å². The second kappa shape index (κ2) is 6.83. The lowest BCUT2D eigenvalue weighted by Crippen LogP contribution is -2.26. The summed E-state index contributed by atoms with van der Waals surface area (Å²) in [6.07, 6.45) is 0.585. The maximum atomic E-state index is 11.8. The predicted octanol–water partition coefficient (Wildman–Crippen LogP) is 1.45. The molecule has 1 aromatic carbocycles. The number of carbonyl (C=O) groups is 2. The Kier molecular flexibility index (Phi) is 4.86. The third-order valence-electron chi connectivity index (χ3n) is 3.21. The van der Waals surface area contributed by atoms with Crippen LogP contribution in [0.3, 0.4) is 0 Å². The molecule has 0 spiro atoms. The number of hydrogen-bond donors (Lipinski definition) is 2. The van der Waals surface area contributed by atoms with Crippen molar-refractivity contribution in [3.8, 4) is 5.75 Å². The van der Waals surface area contributed by atoms with Gasteiger partial charge in [-0.05, 0) is 18.6 Å². The molecule has 0 aliphatic carbocycles. The Balaban J connectivity index is 1.78. The van der Waals surface area contributed by atoms with Crippen molar-refractivity contribution in [1.29, 1.82) is 0 Å². The van der Waals surface area contributed by atoms with Gasteiger partial charge in [0.05, 0.1) is 25.0 Å². The van der Waals surface area contributed by atoms with Crippen LogP contribution in [0, 0.1) is 0 Å². The molecule has 0 radical (unpaired) electrons. The third-order valence-corrected chi connectivity index (χ3v) is 3.21. The minimum absolute atomic E-state index is 0.139. The van der Waals surface area contributed by atoms with E-state index in [0.717, 1.165) is 0 Å². The molecule has 1 aliphatic rings. The van der Waals surface area contributed by atoms with Gasteiger partial charge in [0.15, 0.2) is 0 Å². The number of carbonyl (C=O) groups excluding carboxylic acids is 2. The molecule has 0 bridgehead atoms. The van der Waals surface area contributed by atoms with Crippen molar-refractivity contribution in [2.45, 2.75) is 12.8 Å². The first-order chi connectivity index (χ1) is 10.1. The van der Waals surface area contributed by atoms with Gasteiger partial charge in [-0.3, -0.25) is 4.79 Å². The molecule has 1 saturated heterocycles. The van der Waals surface area contributed by atoms with E-state index in [9.17, 15) is 9.59 Å². The van der Waals surface area contributed by atoms with Crippen LogP contribution in [0.15, 0.2) is 18.2 Å².